The van der Waals surface area contributed by atoms with Gasteiger partial charge in [0.2, 0.25) is 15.9 Å². The lowest BCUT2D eigenvalue weighted by Gasteiger charge is -2.31. The van der Waals surface area contributed by atoms with Crippen molar-refractivity contribution in [3.63, 3.8) is 0 Å². The van der Waals surface area contributed by atoms with Gasteiger partial charge in [0.25, 0.3) is 0 Å². The molecule has 1 atom stereocenters. The van der Waals surface area contributed by atoms with Crippen LogP contribution in [0, 0.1) is 5.92 Å². The Hall–Kier alpha value is -1.64. The first kappa shape index (κ1) is 18.7. The zero-order valence-electron chi connectivity index (χ0n) is 15.1. The van der Waals surface area contributed by atoms with Crippen LogP contribution in [0.25, 0.3) is 0 Å². The standard InChI is InChI=1S/C18H22ClN3O4S/c1-25-15-7-6-14(19)10-16(15)27(23,24)22-8-2-3-12(11-22)9-17-20-18(21-26-17)13-4-5-13/h6-7,10,12-13H,2-5,8-9,11H2,1H3/t12-/m0/s1. The Kier molecular flexibility index (Phi) is 5.13. The van der Waals surface area contributed by atoms with Gasteiger partial charge in [-0.05, 0) is 49.8 Å². The van der Waals surface area contributed by atoms with Gasteiger partial charge in [0.05, 0.1) is 7.11 Å². The molecule has 0 radical (unpaired) electrons. The topological polar surface area (TPSA) is 85.5 Å². The molecule has 2 aromatic rings. The molecule has 2 aliphatic rings. The minimum absolute atomic E-state index is 0.104. The molecule has 1 aromatic heterocycles. The smallest absolute Gasteiger partial charge is 0.246 e. The number of sulfonamides is 1. The molecule has 7 nitrogen and oxygen atoms in total. The van der Waals surface area contributed by atoms with Crippen molar-refractivity contribution in [2.45, 2.75) is 42.9 Å². The molecule has 2 fully saturated rings. The van der Waals surface area contributed by atoms with Crippen LogP contribution in [0.4, 0.5) is 0 Å². The van der Waals surface area contributed by atoms with E-state index in [0.717, 1.165) is 31.5 Å². The summed E-state index contributed by atoms with van der Waals surface area (Å²) in [4.78, 5) is 4.57. The van der Waals surface area contributed by atoms with Crippen LogP contribution in [0.2, 0.25) is 5.02 Å². The number of aromatic nitrogens is 2. The third-order valence-electron chi connectivity index (χ3n) is 5.11. The van der Waals surface area contributed by atoms with Crippen LogP contribution in [-0.2, 0) is 16.4 Å². The predicted molar refractivity (Wildman–Crippen MR) is 99.5 cm³/mol. The number of hydrogen-bond acceptors (Lipinski definition) is 6. The Morgan fingerprint density at radius 2 is 2.15 bits per heavy atom. The highest BCUT2D eigenvalue weighted by Gasteiger charge is 2.34. The van der Waals surface area contributed by atoms with Crippen LogP contribution in [0.5, 0.6) is 5.75 Å². The van der Waals surface area contributed by atoms with Gasteiger partial charge < -0.3 is 9.26 Å². The van der Waals surface area contributed by atoms with Crippen molar-refractivity contribution in [1.29, 1.82) is 0 Å². The molecule has 4 rings (SSSR count). The Morgan fingerprint density at radius 3 is 2.89 bits per heavy atom. The normalized spacial score (nSPS) is 21.3. The van der Waals surface area contributed by atoms with Crippen LogP contribution in [0.3, 0.4) is 0 Å². The van der Waals surface area contributed by atoms with Gasteiger partial charge in [0.15, 0.2) is 5.82 Å². The molecule has 0 spiro atoms. The summed E-state index contributed by atoms with van der Waals surface area (Å²) >= 11 is 6.02. The first-order valence-electron chi connectivity index (χ1n) is 9.13. The second-order valence-electron chi connectivity index (χ2n) is 7.19. The maximum Gasteiger partial charge on any atom is 0.246 e. The fourth-order valence-electron chi connectivity index (χ4n) is 3.51. The van der Waals surface area contributed by atoms with Gasteiger partial charge in [-0.2, -0.15) is 9.29 Å². The monoisotopic (exact) mass is 411 g/mol. The third-order valence-corrected chi connectivity index (χ3v) is 7.24. The van der Waals surface area contributed by atoms with Crippen LogP contribution in [0.15, 0.2) is 27.6 Å². The van der Waals surface area contributed by atoms with Crippen molar-refractivity contribution in [2.24, 2.45) is 5.92 Å². The summed E-state index contributed by atoms with van der Waals surface area (Å²) < 4.78 is 38.4. The summed E-state index contributed by atoms with van der Waals surface area (Å²) in [6.07, 6.45) is 4.56. The van der Waals surface area contributed by atoms with E-state index < -0.39 is 10.0 Å². The number of halogens is 1. The van der Waals surface area contributed by atoms with Gasteiger partial charge in [-0.1, -0.05) is 16.8 Å². The summed E-state index contributed by atoms with van der Waals surface area (Å²) in [7, 11) is -2.24. The Morgan fingerprint density at radius 1 is 1.33 bits per heavy atom. The second-order valence-corrected chi connectivity index (χ2v) is 9.53. The first-order chi connectivity index (χ1) is 13.0. The maximum absolute atomic E-state index is 13.2. The zero-order valence-corrected chi connectivity index (χ0v) is 16.7. The average molecular weight is 412 g/mol. The predicted octanol–water partition coefficient (Wildman–Crippen LogP) is 3.25. The quantitative estimate of drug-likeness (QED) is 0.725. The van der Waals surface area contributed by atoms with Crippen LogP contribution >= 0.6 is 11.6 Å². The minimum Gasteiger partial charge on any atom is -0.495 e. The number of rotatable bonds is 6. The summed E-state index contributed by atoms with van der Waals surface area (Å²) in [6.45, 7) is 0.894. The number of piperidine rings is 1. The van der Waals surface area contributed by atoms with E-state index in [1.165, 1.54) is 17.5 Å². The van der Waals surface area contributed by atoms with Gasteiger partial charge in [0.1, 0.15) is 10.6 Å². The van der Waals surface area contributed by atoms with Crippen LogP contribution in [0.1, 0.15) is 43.3 Å². The molecule has 0 bridgehead atoms. The van der Waals surface area contributed by atoms with E-state index in [1.54, 1.807) is 12.1 Å². The number of benzene rings is 1. The summed E-state index contributed by atoms with van der Waals surface area (Å²) in [5, 5.41) is 4.40. The molecule has 0 amide bonds. The van der Waals surface area contributed by atoms with Gasteiger partial charge in [0, 0.05) is 30.5 Å². The van der Waals surface area contributed by atoms with E-state index in [-0.39, 0.29) is 10.8 Å². The molecular formula is C18H22ClN3O4S. The Bertz CT molecular complexity index is 926. The SMILES string of the molecule is COc1ccc(Cl)cc1S(=O)(=O)N1CCC[C@@H](Cc2nc(C3CC3)no2)C1. The van der Waals surface area contributed by atoms with E-state index in [9.17, 15) is 8.42 Å². The summed E-state index contributed by atoms with van der Waals surface area (Å²) in [6, 6.07) is 4.64. The van der Waals surface area contributed by atoms with E-state index in [2.05, 4.69) is 10.1 Å². The first-order valence-corrected chi connectivity index (χ1v) is 11.0. The van der Waals surface area contributed by atoms with Gasteiger partial charge in [-0.15, -0.1) is 0 Å². The molecule has 0 unspecified atom stereocenters. The molecule has 1 aliphatic carbocycles. The molecule has 1 saturated carbocycles. The van der Waals surface area contributed by atoms with E-state index in [1.807, 2.05) is 0 Å². The van der Waals surface area contributed by atoms with Gasteiger partial charge in [-0.25, -0.2) is 8.42 Å². The highest BCUT2D eigenvalue weighted by atomic mass is 35.5. The Balaban J connectivity index is 1.50. The van der Waals surface area contributed by atoms with Crippen molar-refractivity contribution < 1.29 is 17.7 Å². The second kappa shape index (κ2) is 7.41. The van der Waals surface area contributed by atoms with Crippen molar-refractivity contribution in [3.05, 3.63) is 34.9 Å². The highest BCUT2D eigenvalue weighted by Crippen LogP contribution is 2.38. The van der Waals surface area contributed by atoms with E-state index in [0.29, 0.717) is 42.1 Å². The zero-order chi connectivity index (χ0) is 19.0. The van der Waals surface area contributed by atoms with Gasteiger partial charge in [-0.3, -0.25) is 0 Å². The highest BCUT2D eigenvalue weighted by molar-refractivity contribution is 7.89. The van der Waals surface area contributed by atoms with E-state index in [4.69, 9.17) is 20.9 Å². The maximum atomic E-state index is 13.2. The molecule has 2 heterocycles. The lowest BCUT2D eigenvalue weighted by atomic mass is 9.96. The van der Waals surface area contributed by atoms with Crippen LogP contribution < -0.4 is 4.74 Å². The fourth-order valence-corrected chi connectivity index (χ4v) is 5.48. The molecule has 1 aromatic carbocycles. The molecular weight excluding hydrogens is 390 g/mol. The molecule has 0 N–H and O–H groups in total. The molecule has 9 heteroatoms. The molecule has 1 saturated heterocycles. The minimum atomic E-state index is -3.69. The number of hydrogen-bond donors (Lipinski definition) is 0. The molecule has 146 valence electrons. The summed E-state index contributed by atoms with van der Waals surface area (Å²) in [5.74, 6) is 2.27. The Labute approximate surface area is 163 Å². The molecule has 27 heavy (non-hydrogen) atoms. The van der Waals surface area contributed by atoms with Crippen molar-refractivity contribution >= 4 is 21.6 Å². The van der Waals surface area contributed by atoms with Gasteiger partial charge >= 0.3 is 0 Å². The van der Waals surface area contributed by atoms with Crippen LogP contribution in [-0.4, -0.2) is 43.1 Å². The fraction of sp³-hybridized carbons (Fsp3) is 0.556. The summed E-state index contributed by atoms with van der Waals surface area (Å²) in [5.41, 5.74) is 0. The third kappa shape index (κ3) is 3.97. The number of ether oxygens (including phenoxy) is 1. The number of nitrogens with zero attached hydrogens (tertiary/aromatic N) is 3. The lowest BCUT2D eigenvalue weighted by molar-refractivity contribution is 0.246. The van der Waals surface area contributed by atoms with Crippen molar-refractivity contribution in [1.82, 2.24) is 14.4 Å². The van der Waals surface area contributed by atoms with E-state index >= 15 is 0 Å². The number of methoxy groups -OCH3 is 1. The lowest BCUT2D eigenvalue weighted by Crippen LogP contribution is -2.40. The van der Waals surface area contributed by atoms with Crippen molar-refractivity contribution in [2.75, 3.05) is 20.2 Å². The largest absolute Gasteiger partial charge is 0.495 e. The van der Waals surface area contributed by atoms with Crippen molar-refractivity contribution in [3.8, 4) is 5.75 Å². The average Bonchev–Trinajstić information content (AvgIpc) is 3.41. The molecule has 1 aliphatic heterocycles.